The van der Waals surface area contributed by atoms with Crippen LogP contribution in [0.1, 0.15) is 42.7 Å². The van der Waals surface area contributed by atoms with Crippen LogP contribution in [0.2, 0.25) is 0 Å². The average Bonchev–Trinajstić information content (AvgIpc) is 3.04. The molecule has 3 rings (SSSR count). The molecule has 0 saturated carbocycles. The van der Waals surface area contributed by atoms with Crippen LogP contribution >= 0.6 is 0 Å². The Hall–Kier alpha value is -1.93. The van der Waals surface area contributed by atoms with Crippen molar-refractivity contribution in [2.75, 3.05) is 46.8 Å². The Bertz CT molecular complexity index is 692. The molecule has 2 atom stereocenters. The highest BCUT2D eigenvalue weighted by molar-refractivity contribution is 5.86. The molecule has 0 aliphatic carbocycles. The lowest BCUT2D eigenvalue weighted by atomic mass is 9.95. The topological polar surface area (TPSA) is 81.9 Å². The number of aryl methyl sites for hydroxylation is 2. The molecule has 2 aliphatic heterocycles. The fourth-order valence-electron chi connectivity index (χ4n) is 4.27. The summed E-state index contributed by atoms with van der Waals surface area (Å²) in [7, 11) is 3.92. The molecule has 1 N–H and O–H groups in total. The van der Waals surface area contributed by atoms with Gasteiger partial charge in [-0.2, -0.15) is 0 Å². The predicted octanol–water partition coefficient (Wildman–Crippen LogP) is 1.17. The molecule has 0 aromatic carbocycles. The SMILES string of the molecule is Cc1noc(C)c1CN[C@@H]1CCC[C@@H](C(=O)N2CCN(C)CC2)CC(=O)N(C)C1. The number of likely N-dealkylation sites (N-methyl/N-ethyl adjacent to an activating group) is 2. The van der Waals surface area contributed by atoms with Crippen molar-refractivity contribution in [3.63, 3.8) is 0 Å². The van der Waals surface area contributed by atoms with Gasteiger partial charge >= 0.3 is 0 Å². The fraction of sp³-hybridized carbons (Fsp3) is 0.762. The van der Waals surface area contributed by atoms with Crippen LogP contribution in [0.4, 0.5) is 0 Å². The van der Waals surface area contributed by atoms with E-state index in [4.69, 9.17) is 4.52 Å². The zero-order valence-corrected chi connectivity index (χ0v) is 18.2. The maximum atomic E-state index is 13.0. The minimum Gasteiger partial charge on any atom is -0.361 e. The van der Waals surface area contributed by atoms with E-state index in [1.165, 1.54) is 0 Å². The Balaban J connectivity index is 1.59. The highest BCUT2D eigenvalue weighted by atomic mass is 16.5. The van der Waals surface area contributed by atoms with Crippen LogP contribution in [-0.4, -0.2) is 84.5 Å². The Morgan fingerprint density at radius 2 is 1.90 bits per heavy atom. The average molecular weight is 406 g/mol. The van der Waals surface area contributed by atoms with Gasteiger partial charge in [0.1, 0.15) is 5.76 Å². The number of carbonyl (C=O) groups is 2. The van der Waals surface area contributed by atoms with E-state index in [9.17, 15) is 9.59 Å². The van der Waals surface area contributed by atoms with E-state index in [2.05, 4.69) is 22.4 Å². The minimum atomic E-state index is -0.199. The van der Waals surface area contributed by atoms with Crippen LogP contribution < -0.4 is 5.32 Å². The number of nitrogens with one attached hydrogen (secondary N) is 1. The van der Waals surface area contributed by atoms with Gasteiger partial charge < -0.3 is 24.5 Å². The highest BCUT2D eigenvalue weighted by Crippen LogP contribution is 2.22. The number of amides is 2. The third-order valence-electron chi connectivity index (χ3n) is 6.36. The van der Waals surface area contributed by atoms with E-state index in [1.54, 1.807) is 4.90 Å². The van der Waals surface area contributed by atoms with Crippen LogP contribution in [0, 0.1) is 19.8 Å². The molecule has 2 aliphatic rings. The van der Waals surface area contributed by atoms with Crippen molar-refractivity contribution in [1.29, 1.82) is 0 Å². The summed E-state index contributed by atoms with van der Waals surface area (Å²) in [5.74, 6) is 0.848. The van der Waals surface area contributed by atoms with E-state index < -0.39 is 0 Å². The van der Waals surface area contributed by atoms with Crippen molar-refractivity contribution < 1.29 is 14.1 Å². The Morgan fingerprint density at radius 3 is 2.55 bits per heavy atom. The molecule has 162 valence electrons. The lowest BCUT2D eigenvalue weighted by Crippen LogP contribution is -2.49. The summed E-state index contributed by atoms with van der Waals surface area (Å²) in [5.41, 5.74) is 1.99. The molecule has 0 unspecified atom stereocenters. The number of nitrogens with zero attached hydrogens (tertiary/aromatic N) is 4. The molecule has 29 heavy (non-hydrogen) atoms. The molecule has 2 amide bonds. The van der Waals surface area contributed by atoms with Crippen molar-refractivity contribution in [3.8, 4) is 0 Å². The van der Waals surface area contributed by atoms with Gasteiger partial charge in [-0.15, -0.1) is 0 Å². The lowest BCUT2D eigenvalue weighted by molar-refractivity contribution is -0.142. The van der Waals surface area contributed by atoms with E-state index in [-0.39, 0.29) is 23.8 Å². The Morgan fingerprint density at radius 1 is 1.17 bits per heavy atom. The summed E-state index contributed by atoms with van der Waals surface area (Å²) in [4.78, 5) is 31.7. The van der Waals surface area contributed by atoms with Crippen molar-refractivity contribution in [3.05, 3.63) is 17.0 Å². The van der Waals surface area contributed by atoms with Gasteiger partial charge in [-0.3, -0.25) is 9.59 Å². The number of carbonyl (C=O) groups excluding carboxylic acids is 2. The van der Waals surface area contributed by atoms with Crippen LogP contribution in [-0.2, 0) is 16.1 Å². The fourth-order valence-corrected chi connectivity index (χ4v) is 4.27. The van der Waals surface area contributed by atoms with Crippen LogP contribution in [0.3, 0.4) is 0 Å². The molecule has 1 aromatic rings. The molecule has 0 radical (unpaired) electrons. The van der Waals surface area contributed by atoms with Crippen LogP contribution in [0.25, 0.3) is 0 Å². The molecule has 0 spiro atoms. The van der Waals surface area contributed by atoms with Crippen LogP contribution in [0.5, 0.6) is 0 Å². The molecule has 1 aromatic heterocycles. The molecule has 2 saturated heterocycles. The normalized spacial score (nSPS) is 24.9. The van der Waals surface area contributed by atoms with Gasteiger partial charge in [0.05, 0.1) is 5.69 Å². The summed E-state index contributed by atoms with van der Waals surface area (Å²) in [5, 5.41) is 7.58. The first kappa shape index (κ1) is 21.8. The standard InChI is InChI=1S/C21H35N5O3/c1-15-19(16(2)29-23-15)13-22-18-7-5-6-17(12-20(27)25(4)14-18)21(28)26-10-8-24(3)9-11-26/h17-18,22H,5-14H2,1-4H3/t17-,18-/m1/s1. The van der Waals surface area contributed by atoms with E-state index >= 15 is 0 Å². The molecule has 8 heteroatoms. The number of hydrogen-bond donors (Lipinski definition) is 1. The monoisotopic (exact) mass is 405 g/mol. The zero-order chi connectivity index (χ0) is 21.0. The summed E-state index contributed by atoms with van der Waals surface area (Å²) < 4.78 is 5.24. The summed E-state index contributed by atoms with van der Waals surface area (Å²) in [6.07, 6.45) is 2.96. The maximum absolute atomic E-state index is 13.0. The Labute approximate surface area is 173 Å². The first-order valence-corrected chi connectivity index (χ1v) is 10.7. The van der Waals surface area contributed by atoms with Crippen molar-refractivity contribution in [1.82, 2.24) is 25.2 Å². The quantitative estimate of drug-likeness (QED) is 0.810. The zero-order valence-electron chi connectivity index (χ0n) is 18.2. The van der Waals surface area contributed by atoms with E-state index in [0.717, 1.165) is 62.5 Å². The molecule has 0 bridgehead atoms. The number of piperazine rings is 1. The number of aromatic nitrogens is 1. The first-order chi connectivity index (χ1) is 13.8. The second-order valence-electron chi connectivity index (χ2n) is 8.62. The minimum absolute atomic E-state index is 0.0588. The molecular weight excluding hydrogens is 370 g/mol. The maximum Gasteiger partial charge on any atom is 0.226 e. The molecular formula is C21H35N5O3. The van der Waals surface area contributed by atoms with Gasteiger partial charge in [0, 0.05) is 70.3 Å². The summed E-state index contributed by atoms with van der Waals surface area (Å²) in [6.45, 7) is 8.52. The highest BCUT2D eigenvalue weighted by Gasteiger charge is 2.31. The second kappa shape index (κ2) is 9.71. The van der Waals surface area contributed by atoms with E-state index in [0.29, 0.717) is 19.5 Å². The van der Waals surface area contributed by atoms with Gasteiger partial charge in [-0.1, -0.05) is 11.6 Å². The second-order valence-corrected chi connectivity index (χ2v) is 8.62. The lowest BCUT2D eigenvalue weighted by Gasteiger charge is -2.34. The summed E-state index contributed by atoms with van der Waals surface area (Å²) >= 11 is 0. The Kier molecular flexibility index (Phi) is 7.29. The summed E-state index contributed by atoms with van der Waals surface area (Å²) in [6, 6.07) is 0.190. The molecule has 2 fully saturated rings. The number of hydrogen-bond acceptors (Lipinski definition) is 6. The van der Waals surface area contributed by atoms with Crippen molar-refractivity contribution >= 4 is 11.8 Å². The third-order valence-corrected chi connectivity index (χ3v) is 6.36. The predicted molar refractivity (Wildman–Crippen MR) is 110 cm³/mol. The van der Waals surface area contributed by atoms with Crippen molar-refractivity contribution in [2.45, 2.75) is 52.1 Å². The molecule has 8 nitrogen and oxygen atoms in total. The van der Waals surface area contributed by atoms with Gasteiger partial charge in [0.2, 0.25) is 11.8 Å². The van der Waals surface area contributed by atoms with Gasteiger partial charge in [0.25, 0.3) is 0 Å². The van der Waals surface area contributed by atoms with Gasteiger partial charge in [-0.25, -0.2) is 0 Å². The van der Waals surface area contributed by atoms with Crippen LogP contribution in [0.15, 0.2) is 4.52 Å². The smallest absolute Gasteiger partial charge is 0.226 e. The largest absolute Gasteiger partial charge is 0.361 e. The van der Waals surface area contributed by atoms with Gasteiger partial charge in [-0.05, 0) is 33.7 Å². The third kappa shape index (κ3) is 5.57. The van der Waals surface area contributed by atoms with Crippen molar-refractivity contribution in [2.24, 2.45) is 5.92 Å². The van der Waals surface area contributed by atoms with E-state index in [1.807, 2.05) is 25.8 Å². The number of rotatable bonds is 4. The van der Waals surface area contributed by atoms with Gasteiger partial charge in [0.15, 0.2) is 0 Å². The first-order valence-electron chi connectivity index (χ1n) is 10.7. The molecule has 3 heterocycles.